The molecule has 0 spiro atoms. The third-order valence-electron chi connectivity index (χ3n) is 3.99. The van der Waals surface area contributed by atoms with Crippen LogP contribution in [0.25, 0.3) is 10.9 Å². The number of carbonyl (C=O) groups is 1. The molecule has 2 aromatic carbocycles. The molecule has 0 saturated carbocycles. The average Bonchev–Trinajstić information content (AvgIpc) is 2.89. The first-order chi connectivity index (χ1) is 11.3. The maximum atomic E-state index is 12.2. The molecule has 4 rings (SSSR count). The summed E-state index contributed by atoms with van der Waals surface area (Å²) in [6.07, 6.45) is 2.04. The predicted octanol–water partition coefficient (Wildman–Crippen LogP) is 3.94. The Morgan fingerprint density at radius 3 is 2.70 bits per heavy atom. The van der Waals surface area contributed by atoms with Gasteiger partial charge in [-0.3, -0.25) is 0 Å². The van der Waals surface area contributed by atoms with Crippen molar-refractivity contribution in [1.82, 2.24) is 4.57 Å². The SMILES string of the molecule is CSc1ccc(C2=NOC(=O)c3cc4ccccc4n3C2)cc1. The van der Waals surface area contributed by atoms with Gasteiger partial charge in [0.1, 0.15) is 11.4 Å². The van der Waals surface area contributed by atoms with Crippen LogP contribution in [0.3, 0.4) is 0 Å². The number of hydrogen-bond acceptors (Lipinski definition) is 4. The lowest BCUT2D eigenvalue weighted by molar-refractivity contribution is 0.0513. The number of benzene rings is 2. The number of fused-ring (bicyclic) bond motifs is 3. The van der Waals surface area contributed by atoms with Gasteiger partial charge in [0.15, 0.2) is 0 Å². The molecule has 0 saturated heterocycles. The van der Waals surface area contributed by atoms with Crippen LogP contribution in [0.4, 0.5) is 0 Å². The maximum Gasteiger partial charge on any atom is 0.382 e. The average molecular weight is 322 g/mol. The Kier molecular flexibility index (Phi) is 3.42. The van der Waals surface area contributed by atoms with Gasteiger partial charge in [-0.05, 0) is 30.5 Å². The van der Waals surface area contributed by atoms with Crippen LogP contribution in [0.1, 0.15) is 16.1 Å². The molecule has 3 aromatic rings. The highest BCUT2D eigenvalue weighted by Gasteiger charge is 2.22. The van der Waals surface area contributed by atoms with Gasteiger partial charge < -0.3 is 9.40 Å². The number of carbonyl (C=O) groups excluding carboxylic acids is 1. The van der Waals surface area contributed by atoms with Gasteiger partial charge >= 0.3 is 5.97 Å². The summed E-state index contributed by atoms with van der Waals surface area (Å²) in [6.45, 7) is 0.507. The topological polar surface area (TPSA) is 43.6 Å². The van der Waals surface area contributed by atoms with Crippen LogP contribution < -0.4 is 0 Å². The molecule has 0 atom stereocenters. The molecule has 0 bridgehead atoms. The van der Waals surface area contributed by atoms with E-state index in [0.29, 0.717) is 12.2 Å². The molecule has 2 heterocycles. The lowest BCUT2D eigenvalue weighted by atomic mass is 10.1. The minimum absolute atomic E-state index is 0.420. The molecule has 1 aromatic heterocycles. The van der Waals surface area contributed by atoms with E-state index in [1.54, 1.807) is 11.8 Å². The van der Waals surface area contributed by atoms with Crippen molar-refractivity contribution in [2.24, 2.45) is 5.16 Å². The van der Waals surface area contributed by atoms with E-state index in [0.717, 1.165) is 22.2 Å². The molecular formula is C18H14N2O2S. The number of nitrogens with zero attached hydrogens (tertiary/aromatic N) is 2. The van der Waals surface area contributed by atoms with Gasteiger partial charge in [0.05, 0.1) is 6.54 Å². The highest BCUT2D eigenvalue weighted by Crippen LogP contribution is 2.24. The lowest BCUT2D eigenvalue weighted by Crippen LogP contribution is -2.12. The molecule has 4 nitrogen and oxygen atoms in total. The van der Waals surface area contributed by atoms with Crippen LogP contribution in [-0.2, 0) is 11.4 Å². The van der Waals surface area contributed by atoms with Crippen molar-refractivity contribution in [2.75, 3.05) is 6.26 Å². The number of hydrogen-bond donors (Lipinski definition) is 0. The molecule has 5 heteroatoms. The van der Waals surface area contributed by atoms with Crippen LogP contribution in [0, 0.1) is 0 Å². The monoisotopic (exact) mass is 322 g/mol. The van der Waals surface area contributed by atoms with Gasteiger partial charge in [-0.25, -0.2) is 4.79 Å². The van der Waals surface area contributed by atoms with E-state index in [1.165, 1.54) is 4.90 Å². The molecule has 0 amide bonds. The van der Waals surface area contributed by atoms with Crippen molar-refractivity contribution >= 4 is 34.3 Å². The second-order valence-corrected chi connectivity index (χ2v) is 6.20. The summed E-state index contributed by atoms with van der Waals surface area (Å²) in [5.74, 6) is -0.420. The van der Waals surface area contributed by atoms with Gasteiger partial charge in [-0.2, -0.15) is 0 Å². The molecule has 1 aliphatic rings. The highest BCUT2D eigenvalue weighted by atomic mass is 32.2. The van der Waals surface area contributed by atoms with Gasteiger partial charge in [0.2, 0.25) is 0 Å². The smallest absolute Gasteiger partial charge is 0.329 e. The van der Waals surface area contributed by atoms with Crippen molar-refractivity contribution in [1.29, 1.82) is 0 Å². The predicted molar refractivity (Wildman–Crippen MR) is 92.1 cm³/mol. The third-order valence-corrected chi connectivity index (χ3v) is 4.73. The quantitative estimate of drug-likeness (QED) is 0.530. The normalized spacial score (nSPS) is 14.1. The van der Waals surface area contributed by atoms with E-state index in [4.69, 9.17) is 4.84 Å². The fourth-order valence-electron chi connectivity index (χ4n) is 2.80. The van der Waals surface area contributed by atoms with Gasteiger partial charge in [-0.1, -0.05) is 35.5 Å². The Balaban J connectivity index is 1.80. The van der Waals surface area contributed by atoms with E-state index in [9.17, 15) is 4.79 Å². The number of aromatic nitrogens is 1. The summed E-state index contributed by atoms with van der Waals surface area (Å²) in [5, 5.41) is 5.09. The summed E-state index contributed by atoms with van der Waals surface area (Å²) < 4.78 is 1.96. The zero-order valence-corrected chi connectivity index (χ0v) is 13.3. The van der Waals surface area contributed by atoms with Crippen molar-refractivity contribution < 1.29 is 9.63 Å². The van der Waals surface area contributed by atoms with Crippen LogP contribution >= 0.6 is 11.8 Å². The van der Waals surface area contributed by atoms with Crippen LogP contribution in [-0.4, -0.2) is 22.5 Å². The fourth-order valence-corrected chi connectivity index (χ4v) is 3.21. The summed E-state index contributed by atoms with van der Waals surface area (Å²) in [7, 11) is 0. The van der Waals surface area contributed by atoms with Crippen molar-refractivity contribution in [3.05, 3.63) is 65.9 Å². The maximum absolute atomic E-state index is 12.2. The second-order valence-electron chi connectivity index (χ2n) is 5.32. The van der Waals surface area contributed by atoms with Gasteiger partial charge in [0.25, 0.3) is 0 Å². The summed E-state index contributed by atoms with van der Waals surface area (Å²) >= 11 is 1.69. The third kappa shape index (κ3) is 2.43. The molecule has 0 aliphatic carbocycles. The first-order valence-corrected chi connectivity index (χ1v) is 8.49. The van der Waals surface area contributed by atoms with Crippen molar-refractivity contribution in [3.8, 4) is 0 Å². The number of oxime groups is 1. The molecule has 0 fully saturated rings. The van der Waals surface area contributed by atoms with E-state index in [2.05, 4.69) is 5.16 Å². The summed E-state index contributed by atoms with van der Waals surface area (Å²) in [6, 6.07) is 17.9. The number of rotatable bonds is 2. The molecule has 1 aliphatic heterocycles. The first-order valence-electron chi connectivity index (χ1n) is 7.27. The standard InChI is InChI=1S/C18H14N2O2S/c1-23-14-8-6-12(7-9-14)15-11-20-16-5-3-2-4-13(16)10-17(20)18(21)22-19-15/h2-10H,11H2,1H3. The van der Waals surface area contributed by atoms with E-state index in [1.807, 2.05) is 65.4 Å². The largest absolute Gasteiger partial charge is 0.382 e. The second kappa shape index (κ2) is 5.59. The van der Waals surface area contributed by atoms with Gasteiger partial charge in [-0.15, -0.1) is 11.8 Å². The molecule has 0 unspecified atom stereocenters. The number of para-hydroxylation sites is 1. The van der Waals surface area contributed by atoms with Crippen LogP contribution in [0.15, 0.2) is 64.6 Å². The van der Waals surface area contributed by atoms with E-state index >= 15 is 0 Å². The van der Waals surface area contributed by atoms with E-state index in [-0.39, 0.29) is 0 Å². The van der Waals surface area contributed by atoms with Crippen LogP contribution in [0.2, 0.25) is 0 Å². The Morgan fingerprint density at radius 2 is 1.91 bits per heavy atom. The Bertz CT molecular complexity index is 926. The Hall–Kier alpha value is -2.53. The summed E-state index contributed by atoms with van der Waals surface area (Å²) in [4.78, 5) is 18.5. The highest BCUT2D eigenvalue weighted by molar-refractivity contribution is 7.98. The van der Waals surface area contributed by atoms with Crippen molar-refractivity contribution in [2.45, 2.75) is 11.4 Å². The summed E-state index contributed by atoms with van der Waals surface area (Å²) in [5.41, 5.74) is 3.24. The molecular weight excluding hydrogens is 308 g/mol. The van der Waals surface area contributed by atoms with E-state index < -0.39 is 5.97 Å². The Morgan fingerprint density at radius 1 is 1.13 bits per heavy atom. The Labute approximate surface area is 137 Å². The molecule has 0 radical (unpaired) electrons. The van der Waals surface area contributed by atoms with Gasteiger partial charge in [0, 0.05) is 21.4 Å². The lowest BCUT2D eigenvalue weighted by Gasteiger charge is -2.08. The minimum Gasteiger partial charge on any atom is -0.329 e. The fraction of sp³-hybridized carbons (Fsp3) is 0.111. The molecule has 114 valence electrons. The first kappa shape index (κ1) is 14.1. The molecule has 0 N–H and O–H groups in total. The van der Waals surface area contributed by atoms with Crippen molar-refractivity contribution in [3.63, 3.8) is 0 Å². The minimum atomic E-state index is -0.420. The number of thioether (sulfide) groups is 1. The molecule has 23 heavy (non-hydrogen) atoms. The zero-order chi connectivity index (χ0) is 15.8. The van der Waals surface area contributed by atoms with Crippen LogP contribution in [0.5, 0.6) is 0 Å². The zero-order valence-electron chi connectivity index (χ0n) is 12.5.